The molecule has 3 amide bonds. The van der Waals surface area contributed by atoms with Gasteiger partial charge in [0.2, 0.25) is 11.8 Å². The first-order valence-corrected chi connectivity index (χ1v) is 8.96. The van der Waals surface area contributed by atoms with Gasteiger partial charge in [0.1, 0.15) is 0 Å². The van der Waals surface area contributed by atoms with E-state index in [1.807, 2.05) is 24.3 Å². The fraction of sp³-hybridized carbons (Fsp3) is 0.286. The summed E-state index contributed by atoms with van der Waals surface area (Å²) < 4.78 is 0. The van der Waals surface area contributed by atoms with Crippen molar-refractivity contribution >= 4 is 29.1 Å². The third-order valence-electron chi connectivity index (χ3n) is 4.66. The smallest absolute Gasteiger partial charge is 0.255 e. The van der Waals surface area contributed by atoms with Crippen molar-refractivity contribution < 1.29 is 14.4 Å². The van der Waals surface area contributed by atoms with Gasteiger partial charge in [-0.3, -0.25) is 14.4 Å². The number of hydrogen-bond donors (Lipinski definition) is 1. The summed E-state index contributed by atoms with van der Waals surface area (Å²) in [6.45, 7) is 2.73. The monoisotopic (exact) mass is 365 g/mol. The maximum absolute atomic E-state index is 12.5. The summed E-state index contributed by atoms with van der Waals surface area (Å²) in [6, 6.07) is 14.5. The first-order valence-electron chi connectivity index (χ1n) is 8.96. The van der Waals surface area contributed by atoms with Crippen LogP contribution < -0.4 is 10.2 Å². The Labute approximate surface area is 158 Å². The van der Waals surface area contributed by atoms with Crippen molar-refractivity contribution in [2.75, 3.05) is 23.8 Å². The normalized spacial score (nSPS) is 13.6. The van der Waals surface area contributed by atoms with E-state index in [1.54, 1.807) is 41.1 Å². The van der Waals surface area contributed by atoms with Crippen molar-refractivity contribution in [3.63, 3.8) is 0 Å². The molecule has 27 heavy (non-hydrogen) atoms. The minimum Gasteiger partial charge on any atom is -0.342 e. The molecule has 2 aromatic rings. The third kappa shape index (κ3) is 4.53. The van der Waals surface area contributed by atoms with E-state index in [-0.39, 0.29) is 17.7 Å². The molecule has 0 radical (unpaired) electrons. The number of hydrogen-bond acceptors (Lipinski definition) is 3. The minimum absolute atomic E-state index is 0.0130. The standard InChI is InChI=1S/C21H23N3O3/c1-15(25)23(2)14-16-5-3-6-18(13-16)22-21(27)17-8-10-19(11-9-17)24-12-4-7-20(24)26/h3,5-6,8-11,13H,4,7,12,14H2,1-2H3,(H,22,27). The van der Waals surface area contributed by atoms with Crippen LogP contribution in [0.1, 0.15) is 35.7 Å². The Kier molecular flexibility index (Phi) is 5.54. The number of carbonyl (C=O) groups excluding carboxylic acids is 3. The van der Waals surface area contributed by atoms with E-state index in [0.717, 1.165) is 24.2 Å². The molecule has 0 aromatic heterocycles. The van der Waals surface area contributed by atoms with E-state index in [1.165, 1.54) is 6.92 Å². The number of carbonyl (C=O) groups is 3. The van der Waals surface area contributed by atoms with Gasteiger partial charge in [-0.25, -0.2) is 0 Å². The molecule has 1 fully saturated rings. The highest BCUT2D eigenvalue weighted by Gasteiger charge is 2.21. The SMILES string of the molecule is CC(=O)N(C)Cc1cccc(NC(=O)c2ccc(N3CCCC3=O)cc2)c1. The molecule has 140 valence electrons. The van der Waals surface area contributed by atoms with Gasteiger partial charge < -0.3 is 15.1 Å². The lowest BCUT2D eigenvalue weighted by atomic mass is 10.1. The highest BCUT2D eigenvalue weighted by molar-refractivity contribution is 6.05. The van der Waals surface area contributed by atoms with Crippen LogP contribution in [0.5, 0.6) is 0 Å². The van der Waals surface area contributed by atoms with Gasteiger partial charge in [-0.2, -0.15) is 0 Å². The Hall–Kier alpha value is -3.15. The van der Waals surface area contributed by atoms with Crippen LogP contribution in [0, 0.1) is 0 Å². The van der Waals surface area contributed by atoms with E-state index in [0.29, 0.717) is 24.2 Å². The molecule has 1 saturated heterocycles. The van der Waals surface area contributed by atoms with Crippen LogP contribution in [-0.4, -0.2) is 36.2 Å². The van der Waals surface area contributed by atoms with Gasteiger partial charge in [0.15, 0.2) is 0 Å². The molecule has 0 unspecified atom stereocenters. The zero-order valence-corrected chi connectivity index (χ0v) is 15.6. The van der Waals surface area contributed by atoms with Crippen molar-refractivity contribution in [1.82, 2.24) is 4.90 Å². The predicted octanol–water partition coefficient (Wildman–Crippen LogP) is 3.04. The molecule has 1 aliphatic heterocycles. The second-order valence-corrected chi connectivity index (χ2v) is 6.73. The van der Waals surface area contributed by atoms with E-state index in [9.17, 15) is 14.4 Å². The fourth-order valence-corrected chi connectivity index (χ4v) is 3.05. The molecule has 6 heteroatoms. The van der Waals surface area contributed by atoms with Crippen molar-refractivity contribution in [3.8, 4) is 0 Å². The molecule has 1 N–H and O–H groups in total. The molecular weight excluding hydrogens is 342 g/mol. The third-order valence-corrected chi connectivity index (χ3v) is 4.66. The first-order chi connectivity index (χ1) is 12.9. The maximum atomic E-state index is 12.5. The van der Waals surface area contributed by atoms with Crippen LogP contribution in [0.3, 0.4) is 0 Å². The van der Waals surface area contributed by atoms with Crippen molar-refractivity contribution in [1.29, 1.82) is 0 Å². The second-order valence-electron chi connectivity index (χ2n) is 6.73. The summed E-state index contributed by atoms with van der Waals surface area (Å²) >= 11 is 0. The van der Waals surface area contributed by atoms with Gasteiger partial charge in [-0.1, -0.05) is 12.1 Å². The van der Waals surface area contributed by atoms with Crippen molar-refractivity contribution in [2.45, 2.75) is 26.3 Å². The largest absolute Gasteiger partial charge is 0.342 e. The average Bonchev–Trinajstić information content (AvgIpc) is 3.08. The molecule has 0 aliphatic carbocycles. The molecule has 6 nitrogen and oxygen atoms in total. The number of rotatable bonds is 5. The number of nitrogens with one attached hydrogen (secondary N) is 1. The van der Waals surface area contributed by atoms with Crippen molar-refractivity contribution in [2.24, 2.45) is 0 Å². The summed E-state index contributed by atoms with van der Waals surface area (Å²) in [5, 5.41) is 2.88. The number of amides is 3. The van der Waals surface area contributed by atoms with Crippen LogP contribution in [-0.2, 0) is 16.1 Å². The highest BCUT2D eigenvalue weighted by atomic mass is 16.2. The molecule has 3 rings (SSSR count). The molecule has 2 aromatic carbocycles. The summed E-state index contributed by atoms with van der Waals surface area (Å²) in [5.74, 6) is -0.105. The van der Waals surface area contributed by atoms with Crippen LogP contribution in [0.15, 0.2) is 48.5 Å². The van der Waals surface area contributed by atoms with E-state index in [2.05, 4.69) is 5.32 Å². The molecule has 0 saturated carbocycles. The van der Waals surface area contributed by atoms with Gasteiger partial charge in [0.05, 0.1) is 0 Å². The quantitative estimate of drug-likeness (QED) is 0.885. The zero-order chi connectivity index (χ0) is 19.4. The summed E-state index contributed by atoms with van der Waals surface area (Å²) in [7, 11) is 1.74. The molecule has 0 atom stereocenters. The van der Waals surface area contributed by atoms with Gasteiger partial charge in [0, 0.05) is 50.4 Å². The molecule has 1 aliphatic rings. The van der Waals surface area contributed by atoms with E-state index < -0.39 is 0 Å². The Bertz CT molecular complexity index is 861. The van der Waals surface area contributed by atoms with Crippen molar-refractivity contribution in [3.05, 3.63) is 59.7 Å². The van der Waals surface area contributed by atoms with Crippen LogP contribution in [0.4, 0.5) is 11.4 Å². The summed E-state index contributed by atoms with van der Waals surface area (Å²) in [4.78, 5) is 39.0. The highest BCUT2D eigenvalue weighted by Crippen LogP contribution is 2.22. The molecule has 0 spiro atoms. The van der Waals surface area contributed by atoms with Gasteiger partial charge in [-0.05, 0) is 48.4 Å². The molecule has 0 bridgehead atoms. The zero-order valence-electron chi connectivity index (χ0n) is 15.6. The topological polar surface area (TPSA) is 69.7 Å². The van der Waals surface area contributed by atoms with Gasteiger partial charge in [-0.15, -0.1) is 0 Å². The van der Waals surface area contributed by atoms with Crippen LogP contribution in [0.25, 0.3) is 0 Å². The Morgan fingerprint density at radius 3 is 2.52 bits per heavy atom. The number of anilines is 2. The van der Waals surface area contributed by atoms with E-state index >= 15 is 0 Å². The lowest BCUT2D eigenvalue weighted by molar-refractivity contribution is -0.128. The average molecular weight is 365 g/mol. The Morgan fingerprint density at radius 2 is 1.89 bits per heavy atom. The summed E-state index contributed by atoms with van der Waals surface area (Å²) in [5.41, 5.74) is 2.96. The minimum atomic E-state index is -0.216. The number of nitrogens with zero attached hydrogens (tertiary/aromatic N) is 2. The lowest BCUT2D eigenvalue weighted by Crippen LogP contribution is -2.23. The lowest BCUT2D eigenvalue weighted by Gasteiger charge is -2.16. The second kappa shape index (κ2) is 8.03. The first kappa shape index (κ1) is 18.6. The fourth-order valence-electron chi connectivity index (χ4n) is 3.05. The Morgan fingerprint density at radius 1 is 1.15 bits per heavy atom. The van der Waals surface area contributed by atoms with Crippen LogP contribution >= 0.6 is 0 Å². The molecule has 1 heterocycles. The summed E-state index contributed by atoms with van der Waals surface area (Å²) in [6.07, 6.45) is 1.45. The Balaban J connectivity index is 1.66. The van der Waals surface area contributed by atoms with Gasteiger partial charge in [0.25, 0.3) is 5.91 Å². The van der Waals surface area contributed by atoms with Gasteiger partial charge >= 0.3 is 0 Å². The maximum Gasteiger partial charge on any atom is 0.255 e. The number of benzene rings is 2. The van der Waals surface area contributed by atoms with Crippen LogP contribution in [0.2, 0.25) is 0 Å². The predicted molar refractivity (Wildman–Crippen MR) is 105 cm³/mol. The van der Waals surface area contributed by atoms with E-state index in [4.69, 9.17) is 0 Å². The molecular formula is C21H23N3O3.